The van der Waals surface area contributed by atoms with Gasteiger partial charge in [-0.3, -0.25) is 9.80 Å². The van der Waals surface area contributed by atoms with Gasteiger partial charge in [-0.1, -0.05) is 0 Å². The Kier molecular flexibility index (Phi) is 7.99. The summed E-state index contributed by atoms with van der Waals surface area (Å²) in [5.41, 5.74) is 0. The Bertz CT molecular complexity index is 350. The van der Waals surface area contributed by atoms with Crippen LogP contribution >= 0.6 is 0 Å². The first-order chi connectivity index (χ1) is 11.4. The highest BCUT2D eigenvalue weighted by Gasteiger charge is 2.32. The zero-order chi connectivity index (χ0) is 17.7. The Morgan fingerprint density at radius 3 is 2.25 bits per heavy atom. The zero-order valence-corrected chi connectivity index (χ0v) is 17.2. The fraction of sp³-hybridized carbons (Fsp3) is 1.00. The molecule has 0 saturated carbocycles. The van der Waals surface area contributed by atoms with Crippen molar-refractivity contribution in [1.82, 2.24) is 19.6 Å². The normalized spacial score (nSPS) is 29.5. The lowest BCUT2D eigenvalue weighted by atomic mass is 9.84. The summed E-state index contributed by atoms with van der Waals surface area (Å²) in [5.74, 6) is 0.923. The molecule has 0 aromatic heterocycles. The number of hydrogen-bond acceptors (Lipinski definition) is 4. The van der Waals surface area contributed by atoms with Gasteiger partial charge in [0.1, 0.15) is 0 Å². The van der Waals surface area contributed by atoms with E-state index in [0.717, 1.165) is 18.0 Å². The highest BCUT2D eigenvalue weighted by Crippen LogP contribution is 2.30. The molecule has 2 aliphatic heterocycles. The molecule has 0 bridgehead atoms. The van der Waals surface area contributed by atoms with Crippen molar-refractivity contribution in [2.24, 2.45) is 5.92 Å². The molecule has 2 aliphatic rings. The molecule has 142 valence electrons. The molecule has 2 rings (SSSR count). The molecule has 0 spiro atoms. The molecular weight excluding hydrogens is 296 g/mol. The summed E-state index contributed by atoms with van der Waals surface area (Å²) in [7, 11) is 6.66. The first-order valence-electron chi connectivity index (χ1n) is 10.2. The van der Waals surface area contributed by atoms with Gasteiger partial charge in [-0.25, -0.2) is 0 Å². The lowest BCUT2D eigenvalue weighted by molar-refractivity contribution is 0.0409. The van der Waals surface area contributed by atoms with Crippen molar-refractivity contribution < 1.29 is 0 Å². The third-order valence-electron chi connectivity index (χ3n) is 6.29. The van der Waals surface area contributed by atoms with Crippen molar-refractivity contribution >= 4 is 0 Å². The molecule has 0 N–H and O–H groups in total. The third kappa shape index (κ3) is 5.98. The molecular formula is C20H42N4. The fourth-order valence-electron chi connectivity index (χ4n) is 4.57. The van der Waals surface area contributed by atoms with Crippen LogP contribution in [0.4, 0.5) is 0 Å². The van der Waals surface area contributed by atoms with E-state index in [9.17, 15) is 0 Å². The molecule has 0 aromatic rings. The van der Waals surface area contributed by atoms with Crippen LogP contribution in [0.3, 0.4) is 0 Å². The summed E-state index contributed by atoms with van der Waals surface area (Å²) >= 11 is 0. The maximum absolute atomic E-state index is 2.79. The second-order valence-corrected chi connectivity index (χ2v) is 8.89. The molecule has 0 aliphatic carbocycles. The SMILES string of the molecule is CC(CC1CC(CCN(C)C)CCN1C(C)C)N1CCN(C)CC1. The van der Waals surface area contributed by atoms with E-state index in [1.54, 1.807) is 0 Å². The van der Waals surface area contributed by atoms with E-state index in [-0.39, 0.29) is 0 Å². The quantitative estimate of drug-likeness (QED) is 0.707. The number of hydrogen-bond donors (Lipinski definition) is 0. The molecule has 3 unspecified atom stereocenters. The van der Waals surface area contributed by atoms with Crippen molar-refractivity contribution in [3.8, 4) is 0 Å². The maximum Gasteiger partial charge on any atom is 0.0115 e. The van der Waals surface area contributed by atoms with Gasteiger partial charge in [-0.15, -0.1) is 0 Å². The summed E-state index contributed by atoms with van der Waals surface area (Å²) < 4.78 is 0. The van der Waals surface area contributed by atoms with Gasteiger partial charge >= 0.3 is 0 Å². The van der Waals surface area contributed by atoms with Gasteiger partial charge in [0.2, 0.25) is 0 Å². The molecule has 2 heterocycles. The predicted octanol–water partition coefficient (Wildman–Crippen LogP) is 2.45. The minimum Gasteiger partial charge on any atom is -0.309 e. The zero-order valence-electron chi connectivity index (χ0n) is 17.2. The van der Waals surface area contributed by atoms with Crippen molar-refractivity contribution in [3.05, 3.63) is 0 Å². The highest BCUT2D eigenvalue weighted by atomic mass is 15.3. The van der Waals surface area contributed by atoms with Crippen LogP contribution in [0.5, 0.6) is 0 Å². The van der Waals surface area contributed by atoms with Crippen molar-refractivity contribution in [2.45, 2.75) is 64.6 Å². The molecule has 2 saturated heterocycles. The highest BCUT2D eigenvalue weighted by molar-refractivity contribution is 4.87. The Morgan fingerprint density at radius 2 is 1.67 bits per heavy atom. The molecule has 0 amide bonds. The maximum atomic E-state index is 2.79. The van der Waals surface area contributed by atoms with Crippen LogP contribution in [0.1, 0.15) is 46.5 Å². The summed E-state index contributed by atoms with van der Waals surface area (Å²) in [6, 6.07) is 2.18. The van der Waals surface area contributed by atoms with E-state index >= 15 is 0 Å². The van der Waals surface area contributed by atoms with E-state index < -0.39 is 0 Å². The first kappa shape index (κ1) is 20.2. The fourth-order valence-corrected chi connectivity index (χ4v) is 4.57. The Morgan fingerprint density at radius 1 is 1.00 bits per heavy atom. The number of rotatable bonds is 7. The summed E-state index contributed by atoms with van der Waals surface area (Å²) in [6.45, 7) is 14.7. The van der Waals surface area contributed by atoms with Crippen LogP contribution in [0.15, 0.2) is 0 Å². The molecule has 3 atom stereocenters. The molecule has 0 aromatic carbocycles. The van der Waals surface area contributed by atoms with Gasteiger partial charge in [-0.05, 0) is 86.6 Å². The second-order valence-electron chi connectivity index (χ2n) is 8.89. The van der Waals surface area contributed by atoms with Crippen molar-refractivity contribution in [3.63, 3.8) is 0 Å². The van der Waals surface area contributed by atoms with Crippen LogP contribution < -0.4 is 0 Å². The molecule has 0 radical (unpaired) electrons. The summed E-state index contributed by atoms with van der Waals surface area (Å²) in [5, 5.41) is 0. The molecule has 24 heavy (non-hydrogen) atoms. The number of nitrogens with zero attached hydrogens (tertiary/aromatic N) is 4. The Hall–Kier alpha value is -0.160. The molecule has 2 fully saturated rings. The van der Waals surface area contributed by atoms with Gasteiger partial charge in [0.15, 0.2) is 0 Å². The monoisotopic (exact) mass is 338 g/mol. The lowest BCUT2D eigenvalue weighted by Gasteiger charge is -2.45. The van der Waals surface area contributed by atoms with Crippen molar-refractivity contribution in [1.29, 1.82) is 0 Å². The number of piperidine rings is 1. The minimum absolute atomic E-state index is 0.685. The smallest absolute Gasteiger partial charge is 0.0115 e. The molecule has 4 heteroatoms. The standard InChI is InChI=1S/C20H42N4/c1-17(2)24-10-8-19(7-9-21(4)5)16-20(24)15-18(3)23-13-11-22(6)12-14-23/h17-20H,7-16H2,1-6H3. The number of piperazine rings is 1. The van der Waals surface area contributed by atoms with Gasteiger partial charge in [0, 0.05) is 44.3 Å². The van der Waals surface area contributed by atoms with Crippen LogP contribution in [0.25, 0.3) is 0 Å². The van der Waals surface area contributed by atoms with Crippen molar-refractivity contribution in [2.75, 3.05) is 60.4 Å². The largest absolute Gasteiger partial charge is 0.309 e. The van der Waals surface area contributed by atoms with E-state index in [4.69, 9.17) is 0 Å². The Balaban J connectivity index is 1.89. The van der Waals surface area contributed by atoms with Crippen LogP contribution in [0.2, 0.25) is 0 Å². The van der Waals surface area contributed by atoms with Gasteiger partial charge in [-0.2, -0.15) is 0 Å². The van der Waals surface area contributed by atoms with E-state index in [1.807, 2.05) is 0 Å². The topological polar surface area (TPSA) is 13.0 Å². The van der Waals surface area contributed by atoms with Gasteiger partial charge in [0.25, 0.3) is 0 Å². The first-order valence-corrected chi connectivity index (χ1v) is 10.2. The van der Waals surface area contributed by atoms with Gasteiger partial charge in [0.05, 0.1) is 0 Å². The lowest BCUT2D eigenvalue weighted by Crippen LogP contribution is -2.52. The number of likely N-dealkylation sites (N-methyl/N-ethyl adjacent to an activating group) is 1. The minimum atomic E-state index is 0.685. The second kappa shape index (κ2) is 9.51. The average molecular weight is 339 g/mol. The van der Waals surface area contributed by atoms with E-state index in [1.165, 1.54) is 65.0 Å². The van der Waals surface area contributed by atoms with E-state index in [2.05, 4.69) is 61.5 Å². The van der Waals surface area contributed by atoms with Gasteiger partial charge < -0.3 is 9.80 Å². The van der Waals surface area contributed by atoms with Crippen LogP contribution in [-0.4, -0.2) is 98.1 Å². The predicted molar refractivity (Wildman–Crippen MR) is 105 cm³/mol. The van der Waals surface area contributed by atoms with E-state index in [0.29, 0.717) is 6.04 Å². The average Bonchev–Trinajstić information content (AvgIpc) is 2.53. The number of likely N-dealkylation sites (tertiary alicyclic amines) is 1. The summed E-state index contributed by atoms with van der Waals surface area (Å²) in [6.07, 6.45) is 5.52. The Labute approximate surface area is 151 Å². The molecule has 4 nitrogen and oxygen atoms in total. The van der Waals surface area contributed by atoms with Crippen LogP contribution in [0, 0.1) is 5.92 Å². The summed E-state index contributed by atoms with van der Waals surface area (Å²) in [4.78, 5) is 10.3. The van der Waals surface area contributed by atoms with Crippen LogP contribution in [-0.2, 0) is 0 Å². The third-order valence-corrected chi connectivity index (χ3v) is 6.29.